The van der Waals surface area contributed by atoms with Gasteiger partial charge in [-0.05, 0) is 35.6 Å². The Hall–Kier alpha value is -2.14. The Balaban J connectivity index is 1.71. The number of carbonyl (C=O) groups excluding carboxylic acids is 1. The van der Waals surface area contributed by atoms with Crippen LogP contribution in [-0.4, -0.2) is 15.9 Å². The van der Waals surface area contributed by atoms with Gasteiger partial charge in [0.2, 0.25) is 5.91 Å². The number of amides is 1. The quantitative estimate of drug-likeness (QED) is 0.758. The molecule has 3 aromatic rings. The highest BCUT2D eigenvalue weighted by atomic mass is 32.1. The molecule has 5 heteroatoms. The van der Waals surface area contributed by atoms with Gasteiger partial charge >= 0.3 is 0 Å². The largest absolute Gasteiger partial charge is 0.348 e. The van der Waals surface area contributed by atoms with Crippen molar-refractivity contribution >= 4 is 28.3 Å². The SMILES string of the molecule is CCC(NC(=O)Cc1c[nH]c2ncccc12)c1cccs1. The summed E-state index contributed by atoms with van der Waals surface area (Å²) >= 11 is 1.68. The maximum atomic E-state index is 12.3. The molecule has 108 valence electrons. The van der Waals surface area contributed by atoms with Gasteiger partial charge in [0.1, 0.15) is 5.65 Å². The van der Waals surface area contributed by atoms with Crippen molar-refractivity contribution in [2.24, 2.45) is 0 Å². The van der Waals surface area contributed by atoms with E-state index in [-0.39, 0.29) is 11.9 Å². The Labute approximate surface area is 127 Å². The van der Waals surface area contributed by atoms with Gasteiger partial charge in [0, 0.05) is 22.7 Å². The minimum Gasteiger partial charge on any atom is -0.348 e. The summed E-state index contributed by atoms with van der Waals surface area (Å²) in [6.45, 7) is 2.08. The fourth-order valence-corrected chi connectivity index (χ4v) is 3.30. The van der Waals surface area contributed by atoms with Crippen molar-refractivity contribution < 1.29 is 4.79 Å². The van der Waals surface area contributed by atoms with E-state index in [9.17, 15) is 4.79 Å². The van der Waals surface area contributed by atoms with Gasteiger partial charge in [-0.15, -0.1) is 11.3 Å². The van der Waals surface area contributed by atoms with Crippen LogP contribution in [0.1, 0.15) is 29.8 Å². The van der Waals surface area contributed by atoms with Gasteiger partial charge < -0.3 is 10.3 Å². The molecule has 1 amide bonds. The Bertz CT molecular complexity index is 733. The zero-order valence-electron chi connectivity index (χ0n) is 11.8. The molecule has 0 radical (unpaired) electrons. The van der Waals surface area contributed by atoms with Crippen molar-refractivity contribution in [2.45, 2.75) is 25.8 Å². The first-order valence-corrected chi connectivity index (χ1v) is 7.89. The van der Waals surface area contributed by atoms with Crippen LogP contribution in [0.25, 0.3) is 11.0 Å². The van der Waals surface area contributed by atoms with Gasteiger partial charge in [-0.2, -0.15) is 0 Å². The summed E-state index contributed by atoms with van der Waals surface area (Å²) in [6, 6.07) is 8.05. The number of pyridine rings is 1. The number of H-pyrrole nitrogens is 1. The molecule has 0 aliphatic carbocycles. The molecule has 0 spiro atoms. The van der Waals surface area contributed by atoms with Gasteiger partial charge in [-0.3, -0.25) is 4.79 Å². The fraction of sp³-hybridized carbons (Fsp3) is 0.250. The minimum atomic E-state index is 0.0417. The Morgan fingerprint density at radius 1 is 1.43 bits per heavy atom. The second-order valence-corrected chi connectivity index (χ2v) is 5.91. The lowest BCUT2D eigenvalue weighted by Gasteiger charge is -2.15. The third kappa shape index (κ3) is 2.97. The van der Waals surface area contributed by atoms with Crippen LogP contribution in [0.3, 0.4) is 0 Å². The van der Waals surface area contributed by atoms with E-state index in [4.69, 9.17) is 0 Å². The smallest absolute Gasteiger partial charge is 0.225 e. The highest BCUT2D eigenvalue weighted by Crippen LogP contribution is 2.22. The second-order valence-electron chi connectivity index (χ2n) is 4.93. The lowest BCUT2D eigenvalue weighted by atomic mass is 10.1. The average Bonchev–Trinajstić information content (AvgIpc) is 3.15. The van der Waals surface area contributed by atoms with Crippen molar-refractivity contribution in [3.05, 3.63) is 52.5 Å². The van der Waals surface area contributed by atoms with Gasteiger partial charge in [0.25, 0.3) is 0 Å². The fourth-order valence-electron chi connectivity index (χ4n) is 2.44. The first-order chi connectivity index (χ1) is 10.3. The Morgan fingerprint density at radius 2 is 2.33 bits per heavy atom. The van der Waals surface area contributed by atoms with Crippen LogP contribution in [0.2, 0.25) is 0 Å². The molecule has 1 unspecified atom stereocenters. The summed E-state index contributed by atoms with van der Waals surface area (Å²) in [5, 5.41) is 6.16. The van der Waals surface area contributed by atoms with Crippen molar-refractivity contribution in [1.29, 1.82) is 0 Å². The zero-order valence-corrected chi connectivity index (χ0v) is 12.6. The van der Waals surface area contributed by atoms with Crippen LogP contribution in [-0.2, 0) is 11.2 Å². The first-order valence-electron chi connectivity index (χ1n) is 7.01. The molecule has 0 bridgehead atoms. The predicted octanol–water partition coefficient (Wildman–Crippen LogP) is 3.43. The maximum Gasteiger partial charge on any atom is 0.225 e. The molecule has 0 aliphatic heterocycles. The summed E-state index contributed by atoms with van der Waals surface area (Å²) in [7, 11) is 0. The molecule has 0 fully saturated rings. The number of nitrogens with one attached hydrogen (secondary N) is 2. The van der Waals surface area contributed by atoms with E-state index < -0.39 is 0 Å². The monoisotopic (exact) mass is 299 g/mol. The zero-order chi connectivity index (χ0) is 14.7. The molecule has 21 heavy (non-hydrogen) atoms. The molecular formula is C16H17N3OS. The third-order valence-corrected chi connectivity index (χ3v) is 4.50. The number of nitrogens with zero attached hydrogens (tertiary/aromatic N) is 1. The van der Waals surface area contributed by atoms with Gasteiger partial charge in [-0.1, -0.05) is 13.0 Å². The number of carbonyl (C=O) groups is 1. The summed E-state index contributed by atoms with van der Waals surface area (Å²) in [5.41, 5.74) is 1.81. The first kappa shape index (κ1) is 13.8. The molecule has 4 nitrogen and oxygen atoms in total. The molecule has 0 saturated heterocycles. The molecule has 2 N–H and O–H groups in total. The summed E-state index contributed by atoms with van der Waals surface area (Å²) in [6.07, 6.45) is 4.87. The van der Waals surface area contributed by atoms with Crippen LogP contribution >= 0.6 is 11.3 Å². The van der Waals surface area contributed by atoms with E-state index in [0.717, 1.165) is 23.0 Å². The van der Waals surface area contributed by atoms with Gasteiger partial charge in [0.05, 0.1) is 12.5 Å². The van der Waals surface area contributed by atoms with Crippen molar-refractivity contribution in [2.75, 3.05) is 0 Å². The molecule has 3 aromatic heterocycles. The number of aromatic nitrogens is 2. The summed E-state index contributed by atoms with van der Waals surface area (Å²) in [4.78, 5) is 20.8. The van der Waals surface area contributed by atoms with Crippen molar-refractivity contribution in [1.82, 2.24) is 15.3 Å². The van der Waals surface area contributed by atoms with E-state index in [1.807, 2.05) is 29.8 Å². The highest BCUT2D eigenvalue weighted by molar-refractivity contribution is 7.10. The number of aromatic amines is 1. The van der Waals surface area contributed by atoms with Crippen molar-refractivity contribution in [3.63, 3.8) is 0 Å². The molecule has 0 aromatic carbocycles. The lowest BCUT2D eigenvalue weighted by Crippen LogP contribution is -2.28. The van der Waals surface area contributed by atoms with Gasteiger partial charge in [-0.25, -0.2) is 4.98 Å². The van der Waals surface area contributed by atoms with E-state index in [0.29, 0.717) is 6.42 Å². The van der Waals surface area contributed by atoms with Crippen molar-refractivity contribution in [3.8, 4) is 0 Å². The number of rotatable bonds is 5. The second kappa shape index (κ2) is 6.10. The van der Waals surface area contributed by atoms with Crippen LogP contribution in [0.15, 0.2) is 42.0 Å². The Kier molecular flexibility index (Phi) is 4.01. The Morgan fingerprint density at radius 3 is 3.10 bits per heavy atom. The normalized spacial score (nSPS) is 12.4. The molecular weight excluding hydrogens is 282 g/mol. The van der Waals surface area contributed by atoms with E-state index in [1.54, 1.807) is 17.5 Å². The minimum absolute atomic E-state index is 0.0417. The van der Waals surface area contributed by atoms with E-state index >= 15 is 0 Å². The number of hydrogen-bond donors (Lipinski definition) is 2. The maximum absolute atomic E-state index is 12.3. The topological polar surface area (TPSA) is 57.8 Å². The number of thiophene rings is 1. The number of fused-ring (bicyclic) bond motifs is 1. The molecule has 3 heterocycles. The molecule has 0 saturated carbocycles. The summed E-state index contributed by atoms with van der Waals surface area (Å²) in [5.74, 6) is 0.0417. The van der Waals surface area contributed by atoms with Crippen LogP contribution in [0.5, 0.6) is 0 Å². The average molecular weight is 299 g/mol. The standard InChI is InChI=1S/C16H17N3OS/c1-2-13(14-6-4-8-21-14)19-15(20)9-11-10-18-16-12(11)5-3-7-17-16/h3-8,10,13H,2,9H2,1H3,(H,17,18)(H,19,20). The van der Waals surface area contributed by atoms with E-state index in [1.165, 1.54) is 4.88 Å². The van der Waals surface area contributed by atoms with E-state index in [2.05, 4.69) is 28.3 Å². The highest BCUT2D eigenvalue weighted by Gasteiger charge is 2.15. The molecule has 0 aliphatic rings. The molecule has 3 rings (SSSR count). The number of hydrogen-bond acceptors (Lipinski definition) is 3. The van der Waals surface area contributed by atoms with Crippen LogP contribution in [0.4, 0.5) is 0 Å². The van der Waals surface area contributed by atoms with Crippen LogP contribution < -0.4 is 5.32 Å². The van der Waals surface area contributed by atoms with Gasteiger partial charge in [0.15, 0.2) is 0 Å². The predicted molar refractivity (Wildman–Crippen MR) is 85.3 cm³/mol. The van der Waals surface area contributed by atoms with Crippen LogP contribution in [0, 0.1) is 0 Å². The molecule has 1 atom stereocenters. The lowest BCUT2D eigenvalue weighted by molar-refractivity contribution is -0.121. The summed E-state index contributed by atoms with van der Waals surface area (Å²) < 4.78 is 0. The third-order valence-electron chi connectivity index (χ3n) is 3.52.